The average molecular weight is 143 g/mol. The van der Waals surface area contributed by atoms with Crippen LogP contribution < -0.4 is 11.6 Å². The molecule has 10 heavy (non-hydrogen) atoms. The number of carbonyl (C=O) groups is 1. The molecule has 0 aromatic heterocycles. The summed E-state index contributed by atoms with van der Waals surface area (Å²) in [6.45, 7) is 0. The molecule has 1 fully saturated rings. The molecule has 1 aliphatic rings. The Morgan fingerprint density at radius 1 is 1.40 bits per heavy atom. The van der Waals surface area contributed by atoms with Crippen molar-refractivity contribution in [3.63, 3.8) is 0 Å². The Bertz CT molecular complexity index is 131. The minimum absolute atomic E-state index is 0.192. The first kappa shape index (κ1) is 7.34. The van der Waals surface area contributed by atoms with Crippen molar-refractivity contribution >= 4 is 6.03 Å². The van der Waals surface area contributed by atoms with E-state index in [1.807, 2.05) is 0 Å². The number of urea groups is 1. The number of rotatable bonds is 1. The van der Waals surface area contributed by atoms with Crippen LogP contribution in [0.5, 0.6) is 0 Å². The van der Waals surface area contributed by atoms with Gasteiger partial charge in [0, 0.05) is 6.04 Å². The van der Waals surface area contributed by atoms with E-state index in [1.165, 1.54) is 0 Å². The lowest BCUT2D eigenvalue weighted by atomic mass is 10.2. The van der Waals surface area contributed by atoms with Crippen LogP contribution in [0.15, 0.2) is 0 Å². The third-order valence-electron chi connectivity index (χ3n) is 1.97. The van der Waals surface area contributed by atoms with Crippen LogP contribution in [0.4, 0.5) is 4.79 Å². The first-order valence-electron chi connectivity index (χ1n) is 3.55. The number of hydrazine groups is 1. The number of hydrogen-bond donors (Lipinski definition) is 2. The Morgan fingerprint density at radius 3 is 2.30 bits per heavy atom. The van der Waals surface area contributed by atoms with Crippen molar-refractivity contribution in [3.05, 3.63) is 0 Å². The predicted molar refractivity (Wildman–Crippen MR) is 37.9 cm³/mol. The number of nitrogens with zero attached hydrogens (tertiary/aromatic N) is 1. The zero-order chi connectivity index (χ0) is 7.56. The van der Waals surface area contributed by atoms with Crippen molar-refractivity contribution < 1.29 is 4.79 Å². The first-order valence-corrected chi connectivity index (χ1v) is 3.55. The molecule has 2 amide bonds. The van der Waals surface area contributed by atoms with Crippen molar-refractivity contribution in [1.82, 2.24) is 5.01 Å². The number of carbonyl (C=O) groups excluding carboxylic acids is 1. The molecule has 0 aliphatic heterocycles. The fourth-order valence-electron chi connectivity index (χ4n) is 1.36. The van der Waals surface area contributed by atoms with Gasteiger partial charge in [-0.25, -0.2) is 10.6 Å². The minimum Gasteiger partial charge on any atom is -0.350 e. The third-order valence-corrected chi connectivity index (χ3v) is 1.97. The van der Waals surface area contributed by atoms with Gasteiger partial charge in [0.15, 0.2) is 0 Å². The van der Waals surface area contributed by atoms with Gasteiger partial charge >= 0.3 is 6.03 Å². The van der Waals surface area contributed by atoms with Gasteiger partial charge in [0.2, 0.25) is 0 Å². The molecule has 4 heteroatoms. The molecule has 1 saturated carbocycles. The summed E-state index contributed by atoms with van der Waals surface area (Å²) < 4.78 is 0. The Balaban J connectivity index is 2.39. The van der Waals surface area contributed by atoms with Crippen LogP contribution in [0, 0.1) is 0 Å². The van der Waals surface area contributed by atoms with E-state index in [1.54, 1.807) is 0 Å². The molecule has 0 heterocycles. The highest BCUT2D eigenvalue weighted by atomic mass is 16.2. The summed E-state index contributed by atoms with van der Waals surface area (Å²) in [6.07, 6.45) is 4.32. The van der Waals surface area contributed by atoms with Crippen LogP contribution in [-0.4, -0.2) is 17.1 Å². The van der Waals surface area contributed by atoms with Crippen LogP contribution in [0.2, 0.25) is 0 Å². The van der Waals surface area contributed by atoms with E-state index < -0.39 is 6.03 Å². The molecule has 4 N–H and O–H groups in total. The van der Waals surface area contributed by atoms with Gasteiger partial charge in [-0.1, -0.05) is 12.8 Å². The number of hydrogen-bond acceptors (Lipinski definition) is 2. The van der Waals surface area contributed by atoms with Gasteiger partial charge in [-0.05, 0) is 12.8 Å². The van der Waals surface area contributed by atoms with Crippen molar-refractivity contribution in [1.29, 1.82) is 0 Å². The minimum atomic E-state index is -0.521. The van der Waals surface area contributed by atoms with E-state index in [2.05, 4.69) is 0 Å². The molecule has 0 unspecified atom stereocenters. The zero-order valence-corrected chi connectivity index (χ0v) is 5.92. The summed E-state index contributed by atoms with van der Waals surface area (Å²) in [5.74, 6) is 5.38. The van der Waals surface area contributed by atoms with Crippen LogP contribution in [0.1, 0.15) is 25.7 Å². The van der Waals surface area contributed by atoms with Crippen LogP contribution in [0.3, 0.4) is 0 Å². The highest BCUT2D eigenvalue weighted by Gasteiger charge is 2.21. The summed E-state index contributed by atoms with van der Waals surface area (Å²) in [6, 6.07) is -0.329. The molecule has 1 aliphatic carbocycles. The molecule has 4 nitrogen and oxygen atoms in total. The lowest BCUT2D eigenvalue weighted by Gasteiger charge is -2.20. The fraction of sp³-hybridized carbons (Fsp3) is 0.833. The Kier molecular flexibility index (Phi) is 2.11. The second-order valence-electron chi connectivity index (χ2n) is 2.68. The van der Waals surface area contributed by atoms with Gasteiger partial charge in [0.05, 0.1) is 0 Å². The third kappa shape index (κ3) is 1.39. The second kappa shape index (κ2) is 2.88. The van der Waals surface area contributed by atoms with Crippen molar-refractivity contribution in [2.75, 3.05) is 0 Å². The van der Waals surface area contributed by atoms with E-state index in [9.17, 15) is 4.79 Å². The highest BCUT2D eigenvalue weighted by Crippen LogP contribution is 2.20. The predicted octanol–water partition coefficient (Wildman–Crippen LogP) is 0.183. The molecule has 0 aromatic carbocycles. The summed E-state index contributed by atoms with van der Waals surface area (Å²) in [4.78, 5) is 10.5. The number of primary amides is 1. The Morgan fingerprint density at radius 2 is 1.90 bits per heavy atom. The van der Waals surface area contributed by atoms with E-state index in [0.717, 1.165) is 30.7 Å². The quantitative estimate of drug-likeness (QED) is 0.312. The maximum Gasteiger partial charge on any atom is 0.329 e. The number of nitrogens with two attached hydrogens (primary N) is 2. The van der Waals surface area contributed by atoms with Crippen LogP contribution in [0.25, 0.3) is 0 Å². The number of amides is 2. The van der Waals surface area contributed by atoms with Crippen LogP contribution >= 0.6 is 0 Å². The topological polar surface area (TPSA) is 72.4 Å². The van der Waals surface area contributed by atoms with E-state index >= 15 is 0 Å². The monoisotopic (exact) mass is 143 g/mol. The maximum atomic E-state index is 10.5. The molecular formula is C6H13N3O. The van der Waals surface area contributed by atoms with Gasteiger partial charge < -0.3 is 5.73 Å². The standard InChI is InChI=1S/C6H13N3O/c7-6(10)9(8)5-3-1-2-4-5/h5H,1-4,8H2,(H2,7,10). The lowest BCUT2D eigenvalue weighted by Crippen LogP contribution is -2.47. The maximum absolute atomic E-state index is 10.5. The molecular weight excluding hydrogens is 130 g/mol. The van der Waals surface area contributed by atoms with E-state index in [4.69, 9.17) is 11.6 Å². The molecule has 1 rings (SSSR count). The molecule has 0 spiro atoms. The van der Waals surface area contributed by atoms with E-state index in [0.29, 0.717) is 0 Å². The van der Waals surface area contributed by atoms with E-state index in [-0.39, 0.29) is 6.04 Å². The molecule has 58 valence electrons. The van der Waals surface area contributed by atoms with Gasteiger partial charge in [0.1, 0.15) is 0 Å². The van der Waals surface area contributed by atoms with Gasteiger partial charge in [-0.15, -0.1) is 0 Å². The molecule has 0 bridgehead atoms. The van der Waals surface area contributed by atoms with Gasteiger partial charge in [0.25, 0.3) is 0 Å². The fourth-order valence-corrected chi connectivity index (χ4v) is 1.36. The first-order chi connectivity index (χ1) is 4.72. The lowest BCUT2D eigenvalue weighted by molar-refractivity contribution is 0.186. The summed E-state index contributed by atoms with van der Waals surface area (Å²) in [5.41, 5.74) is 4.98. The smallest absolute Gasteiger partial charge is 0.329 e. The summed E-state index contributed by atoms with van der Waals surface area (Å²) in [5, 5.41) is 1.15. The molecule has 0 radical (unpaired) electrons. The van der Waals surface area contributed by atoms with Crippen molar-refractivity contribution in [3.8, 4) is 0 Å². The average Bonchev–Trinajstić information content (AvgIpc) is 2.36. The second-order valence-corrected chi connectivity index (χ2v) is 2.68. The largest absolute Gasteiger partial charge is 0.350 e. The Hall–Kier alpha value is -0.770. The van der Waals surface area contributed by atoms with Crippen molar-refractivity contribution in [2.45, 2.75) is 31.7 Å². The normalized spacial score (nSPS) is 19.3. The highest BCUT2D eigenvalue weighted by molar-refractivity contribution is 5.71. The van der Waals surface area contributed by atoms with Gasteiger partial charge in [-0.2, -0.15) is 0 Å². The van der Waals surface area contributed by atoms with Crippen molar-refractivity contribution in [2.24, 2.45) is 11.6 Å². The molecule has 0 aromatic rings. The summed E-state index contributed by atoms with van der Waals surface area (Å²) >= 11 is 0. The zero-order valence-electron chi connectivity index (χ0n) is 5.92. The van der Waals surface area contributed by atoms with Gasteiger partial charge in [-0.3, -0.25) is 5.01 Å². The summed E-state index contributed by atoms with van der Waals surface area (Å²) in [7, 11) is 0. The molecule has 0 saturated heterocycles. The SMILES string of the molecule is NC(=O)N(N)C1CCCC1. The Labute approximate surface area is 60.1 Å². The van der Waals surface area contributed by atoms with Crippen LogP contribution in [-0.2, 0) is 0 Å². The molecule has 0 atom stereocenters.